The Morgan fingerprint density at radius 3 is 2.62 bits per heavy atom. The van der Waals surface area contributed by atoms with E-state index in [-0.39, 0.29) is 6.03 Å². The minimum Gasteiger partial charge on any atom is -0.494 e. The zero-order valence-corrected chi connectivity index (χ0v) is 16.5. The van der Waals surface area contributed by atoms with Crippen LogP contribution in [0.15, 0.2) is 48.5 Å². The highest BCUT2D eigenvalue weighted by molar-refractivity contribution is 5.74. The zero-order valence-electron chi connectivity index (χ0n) is 16.5. The number of ether oxygens (including phenoxy) is 3. The van der Waals surface area contributed by atoms with Gasteiger partial charge in [0.2, 0.25) is 6.79 Å². The summed E-state index contributed by atoms with van der Waals surface area (Å²) in [5.41, 5.74) is 1.20. The van der Waals surface area contributed by atoms with Crippen LogP contribution < -0.4 is 19.5 Å². The lowest BCUT2D eigenvalue weighted by Crippen LogP contribution is -2.51. The molecule has 0 radical (unpaired) electrons. The Kier molecular flexibility index (Phi) is 6.36. The minimum atomic E-state index is 0.00689. The van der Waals surface area contributed by atoms with Crippen LogP contribution in [0.5, 0.6) is 17.2 Å². The highest BCUT2D eigenvalue weighted by atomic mass is 16.7. The quantitative estimate of drug-likeness (QED) is 0.728. The maximum absolute atomic E-state index is 12.3. The predicted octanol–water partition coefficient (Wildman–Crippen LogP) is 2.71. The van der Waals surface area contributed by atoms with E-state index in [1.165, 1.54) is 5.56 Å². The summed E-state index contributed by atoms with van der Waals surface area (Å²) < 4.78 is 16.4. The smallest absolute Gasteiger partial charge is 0.317 e. The molecular weight excluding hydrogens is 370 g/mol. The van der Waals surface area contributed by atoms with Crippen molar-refractivity contribution in [1.82, 2.24) is 15.1 Å². The average Bonchev–Trinajstić information content (AvgIpc) is 3.22. The van der Waals surface area contributed by atoms with Crippen LogP contribution in [0.1, 0.15) is 12.0 Å². The Morgan fingerprint density at radius 2 is 1.79 bits per heavy atom. The molecule has 0 spiro atoms. The number of carbonyl (C=O) groups excluding carboxylic acids is 1. The standard InChI is InChI=1S/C22H27N3O4/c26-22(23-9-4-14-27-19-5-2-1-3-6-19)25-12-10-24(11-13-25)16-18-7-8-20-21(15-18)29-17-28-20/h1-3,5-8,15H,4,9-14,16-17H2,(H,23,26). The lowest BCUT2D eigenvalue weighted by molar-refractivity contribution is 0.135. The fraction of sp³-hybridized carbons (Fsp3) is 0.409. The van der Waals surface area contributed by atoms with E-state index in [9.17, 15) is 4.79 Å². The lowest BCUT2D eigenvalue weighted by atomic mass is 10.1. The molecule has 0 unspecified atom stereocenters. The Balaban J connectivity index is 1.12. The molecule has 1 N–H and O–H groups in total. The van der Waals surface area contributed by atoms with Gasteiger partial charge in [0.15, 0.2) is 11.5 Å². The van der Waals surface area contributed by atoms with Crippen LogP contribution in [0, 0.1) is 0 Å². The summed E-state index contributed by atoms with van der Waals surface area (Å²) in [5.74, 6) is 2.48. The Bertz CT molecular complexity index is 807. The SMILES string of the molecule is O=C(NCCCOc1ccccc1)N1CCN(Cc2ccc3c(c2)OCO3)CC1. The molecular formula is C22H27N3O4. The van der Waals surface area contributed by atoms with Crippen LogP contribution in [0.25, 0.3) is 0 Å². The van der Waals surface area contributed by atoms with Gasteiger partial charge < -0.3 is 24.4 Å². The number of carbonyl (C=O) groups is 1. The molecule has 4 rings (SSSR count). The Morgan fingerprint density at radius 1 is 1.00 bits per heavy atom. The first kappa shape index (κ1) is 19.4. The summed E-state index contributed by atoms with van der Waals surface area (Å²) in [7, 11) is 0. The van der Waals surface area contributed by atoms with Crippen molar-refractivity contribution in [2.24, 2.45) is 0 Å². The number of piperazine rings is 1. The minimum absolute atomic E-state index is 0.00689. The van der Waals surface area contributed by atoms with Crippen molar-refractivity contribution >= 4 is 6.03 Å². The molecule has 1 saturated heterocycles. The molecule has 0 atom stereocenters. The van der Waals surface area contributed by atoms with Crippen molar-refractivity contribution in [1.29, 1.82) is 0 Å². The molecule has 2 aromatic rings. The predicted molar refractivity (Wildman–Crippen MR) is 109 cm³/mol. The first-order valence-electron chi connectivity index (χ1n) is 10.1. The molecule has 2 amide bonds. The summed E-state index contributed by atoms with van der Waals surface area (Å²) in [6, 6.07) is 15.8. The van der Waals surface area contributed by atoms with Gasteiger partial charge in [0.05, 0.1) is 6.61 Å². The largest absolute Gasteiger partial charge is 0.494 e. The summed E-state index contributed by atoms with van der Waals surface area (Å²) in [4.78, 5) is 16.6. The molecule has 0 aliphatic carbocycles. The van der Waals surface area contributed by atoms with Crippen LogP contribution in [0.2, 0.25) is 0 Å². The first-order chi connectivity index (χ1) is 14.3. The molecule has 154 valence electrons. The molecule has 2 aromatic carbocycles. The van der Waals surface area contributed by atoms with Gasteiger partial charge in [-0.05, 0) is 36.2 Å². The van der Waals surface area contributed by atoms with E-state index >= 15 is 0 Å². The number of hydrogen-bond acceptors (Lipinski definition) is 5. The van der Waals surface area contributed by atoms with Gasteiger partial charge in [0.1, 0.15) is 5.75 Å². The average molecular weight is 397 g/mol. The van der Waals surface area contributed by atoms with E-state index in [0.717, 1.165) is 56.4 Å². The van der Waals surface area contributed by atoms with Gasteiger partial charge in [-0.25, -0.2) is 4.79 Å². The van der Waals surface area contributed by atoms with Crippen molar-refractivity contribution < 1.29 is 19.0 Å². The Hall–Kier alpha value is -2.93. The maximum Gasteiger partial charge on any atom is 0.317 e. The van der Waals surface area contributed by atoms with Crippen molar-refractivity contribution in [3.63, 3.8) is 0 Å². The highest BCUT2D eigenvalue weighted by Crippen LogP contribution is 2.32. The van der Waals surface area contributed by atoms with E-state index < -0.39 is 0 Å². The fourth-order valence-corrected chi connectivity index (χ4v) is 3.49. The van der Waals surface area contributed by atoms with Gasteiger partial charge in [-0.15, -0.1) is 0 Å². The monoisotopic (exact) mass is 397 g/mol. The second-order valence-electron chi connectivity index (χ2n) is 7.20. The van der Waals surface area contributed by atoms with Crippen molar-refractivity contribution in [3.05, 3.63) is 54.1 Å². The number of rotatable bonds is 7. The molecule has 2 heterocycles. The molecule has 7 nitrogen and oxygen atoms in total. The normalized spacial score (nSPS) is 15.9. The molecule has 0 saturated carbocycles. The van der Waals surface area contributed by atoms with Gasteiger partial charge >= 0.3 is 6.03 Å². The highest BCUT2D eigenvalue weighted by Gasteiger charge is 2.21. The zero-order chi connectivity index (χ0) is 19.9. The molecule has 0 aromatic heterocycles. The second kappa shape index (κ2) is 9.52. The summed E-state index contributed by atoms with van der Waals surface area (Å²) >= 11 is 0. The van der Waals surface area contributed by atoms with E-state index in [1.807, 2.05) is 47.4 Å². The molecule has 1 fully saturated rings. The third kappa shape index (κ3) is 5.32. The molecule has 7 heteroatoms. The third-order valence-corrected chi connectivity index (χ3v) is 5.11. The Labute approximate surface area is 171 Å². The molecule has 29 heavy (non-hydrogen) atoms. The van der Waals surface area contributed by atoms with Crippen LogP contribution in [0.3, 0.4) is 0 Å². The lowest BCUT2D eigenvalue weighted by Gasteiger charge is -2.34. The number of nitrogens with zero attached hydrogens (tertiary/aromatic N) is 2. The van der Waals surface area contributed by atoms with E-state index in [1.54, 1.807) is 0 Å². The third-order valence-electron chi connectivity index (χ3n) is 5.11. The van der Waals surface area contributed by atoms with Crippen LogP contribution in [-0.2, 0) is 6.54 Å². The number of urea groups is 1. The van der Waals surface area contributed by atoms with Crippen LogP contribution in [0.4, 0.5) is 4.79 Å². The molecule has 0 bridgehead atoms. The van der Waals surface area contributed by atoms with Crippen molar-refractivity contribution in [2.75, 3.05) is 46.1 Å². The number of hydrogen-bond donors (Lipinski definition) is 1. The van der Waals surface area contributed by atoms with Gasteiger partial charge in [0.25, 0.3) is 0 Å². The second-order valence-corrected chi connectivity index (χ2v) is 7.20. The number of amides is 2. The first-order valence-corrected chi connectivity index (χ1v) is 10.1. The fourth-order valence-electron chi connectivity index (χ4n) is 3.49. The summed E-state index contributed by atoms with van der Waals surface area (Å²) in [6.07, 6.45) is 0.782. The molecule has 2 aliphatic heterocycles. The van der Waals surface area contributed by atoms with Crippen LogP contribution in [-0.4, -0.2) is 62.0 Å². The van der Waals surface area contributed by atoms with E-state index in [2.05, 4.69) is 16.3 Å². The van der Waals surface area contributed by atoms with Gasteiger partial charge in [0, 0.05) is 39.3 Å². The van der Waals surface area contributed by atoms with Gasteiger partial charge in [-0.3, -0.25) is 4.90 Å². The summed E-state index contributed by atoms with van der Waals surface area (Å²) in [6.45, 7) is 5.54. The van der Waals surface area contributed by atoms with Crippen molar-refractivity contribution in [2.45, 2.75) is 13.0 Å². The number of benzene rings is 2. The number of fused-ring (bicyclic) bond motifs is 1. The van der Waals surface area contributed by atoms with E-state index in [4.69, 9.17) is 14.2 Å². The topological polar surface area (TPSA) is 63.3 Å². The molecule has 2 aliphatic rings. The van der Waals surface area contributed by atoms with Crippen LogP contribution >= 0.6 is 0 Å². The maximum atomic E-state index is 12.3. The van der Waals surface area contributed by atoms with Gasteiger partial charge in [-0.2, -0.15) is 0 Å². The summed E-state index contributed by atoms with van der Waals surface area (Å²) in [5, 5.41) is 2.99. The number of nitrogens with one attached hydrogen (secondary N) is 1. The van der Waals surface area contributed by atoms with Gasteiger partial charge in [-0.1, -0.05) is 24.3 Å². The number of para-hydroxylation sites is 1. The van der Waals surface area contributed by atoms with E-state index in [0.29, 0.717) is 19.9 Å². The van der Waals surface area contributed by atoms with Crippen molar-refractivity contribution in [3.8, 4) is 17.2 Å².